The SMILES string of the molecule is O=C(C1CCN(c2ccc(Br)cn2)CC1)N1CCc2ccccc2C1. The molecule has 5 heteroatoms. The molecule has 2 aromatic rings. The lowest BCUT2D eigenvalue weighted by atomic mass is 9.93. The van der Waals surface area contributed by atoms with Crippen molar-refractivity contribution < 1.29 is 4.79 Å². The average molecular weight is 400 g/mol. The number of piperidine rings is 1. The number of benzene rings is 1. The number of fused-ring (bicyclic) bond motifs is 1. The topological polar surface area (TPSA) is 36.4 Å². The van der Waals surface area contributed by atoms with Crippen molar-refractivity contribution in [3.05, 3.63) is 58.2 Å². The largest absolute Gasteiger partial charge is 0.357 e. The summed E-state index contributed by atoms with van der Waals surface area (Å²) >= 11 is 3.42. The van der Waals surface area contributed by atoms with Gasteiger partial charge in [0.2, 0.25) is 5.91 Å². The Bertz CT molecular complexity index is 754. The zero-order chi connectivity index (χ0) is 17.2. The molecular weight excluding hydrogens is 378 g/mol. The van der Waals surface area contributed by atoms with Gasteiger partial charge in [0, 0.05) is 42.8 Å². The van der Waals surface area contributed by atoms with Crippen LogP contribution in [0, 0.1) is 5.92 Å². The van der Waals surface area contributed by atoms with Crippen molar-refractivity contribution in [2.75, 3.05) is 24.5 Å². The third-order valence-corrected chi connectivity index (χ3v) is 5.79. The molecule has 1 aromatic carbocycles. The van der Waals surface area contributed by atoms with Crippen LogP contribution in [0.25, 0.3) is 0 Å². The summed E-state index contributed by atoms with van der Waals surface area (Å²) in [7, 11) is 0. The molecule has 3 heterocycles. The number of amides is 1. The van der Waals surface area contributed by atoms with Gasteiger partial charge in [0.05, 0.1) is 0 Å². The summed E-state index contributed by atoms with van der Waals surface area (Å²) in [4.78, 5) is 21.7. The predicted molar refractivity (Wildman–Crippen MR) is 102 cm³/mol. The van der Waals surface area contributed by atoms with Crippen molar-refractivity contribution in [2.45, 2.75) is 25.8 Å². The quantitative estimate of drug-likeness (QED) is 0.773. The number of nitrogens with zero attached hydrogens (tertiary/aromatic N) is 3. The Labute approximate surface area is 157 Å². The maximum Gasteiger partial charge on any atom is 0.226 e. The molecule has 0 unspecified atom stereocenters. The minimum Gasteiger partial charge on any atom is -0.357 e. The van der Waals surface area contributed by atoms with E-state index in [2.05, 4.69) is 55.0 Å². The third-order valence-electron chi connectivity index (χ3n) is 5.32. The Morgan fingerprint density at radius 3 is 2.52 bits per heavy atom. The number of hydrogen-bond donors (Lipinski definition) is 0. The monoisotopic (exact) mass is 399 g/mol. The number of anilines is 1. The zero-order valence-electron chi connectivity index (χ0n) is 14.2. The highest BCUT2D eigenvalue weighted by Crippen LogP contribution is 2.26. The van der Waals surface area contributed by atoms with Gasteiger partial charge in [-0.1, -0.05) is 24.3 Å². The number of rotatable bonds is 2. The van der Waals surface area contributed by atoms with Crippen LogP contribution in [0.4, 0.5) is 5.82 Å². The normalized spacial score (nSPS) is 18.1. The Morgan fingerprint density at radius 2 is 1.80 bits per heavy atom. The molecule has 1 amide bonds. The Kier molecular flexibility index (Phi) is 4.75. The van der Waals surface area contributed by atoms with E-state index in [1.165, 1.54) is 11.1 Å². The molecule has 0 bridgehead atoms. The molecule has 0 saturated carbocycles. The second-order valence-corrected chi connectivity index (χ2v) is 7.79. The highest BCUT2D eigenvalue weighted by Gasteiger charge is 2.30. The highest BCUT2D eigenvalue weighted by atomic mass is 79.9. The molecule has 0 radical (unpaired) electrons. The van der Waals surface area contributed by atoms with E-state index in [9.17, 15) is 4.79 Å². The lowest BCUT2D eigenvalue weighted by Crippen LogP contribution is -2.44. The number of pyridine rings is 1. The van der Waals surface area contributed by atoms with Crippen molar-refractivity contribution >= 4 is 27.7 Å². The molecule has 2 aliphatic rings. The second-order valence-electron chi connectivity index (χ2n) is 6.87. The fourth-order valence-corrected chi connectivity index (χ4v) is 4.09. The van der Waals surface area contributed by atoms with Gasteiger partial charge in [0.15, 0.2) is 0 Å². The molecule has 1 saturated heterocycles. The minimum atomic E-state index is 0.150. The van der Waals surface area contributed by atoms with E-state index in [-0.39, 0.29) is 5.92 Å². The van der Waals surface area contributed by atoms with Crippen LogP contribution < -0.4 is 4.90 Å². The zero-order valence-corrected chi connectivity index (χ0v) is 15.8. The summed E-state index contributed by atoms with van der Waals surface area (Å²) in [5, 5.41) is 0. The van der Waals surface area contributed by atoms with Crippen LogP contribution in [0.2, 0.25) is 0 Å². The van der Waals surface area contributed by atoms with Crippen molar-refractivity contribution in [1.29, 1.82) is 0 Å². The van der Waals surface area contributed by atoms with E-state index in [0.717, 1.165) is 55.7 Å². The van der Waals surface area contributed by atoms with Crippen LogP contribution in [0.1, 0.15) is 24.0 Å². The molecule has 4 rings (SSSR count). The molecule has 130 valence electrons. The Morgan fingerprint density at radius 1 is 1.04 bits per heavy atom. The number of carbonyl (C=O) groups excluding carboxylic acids is 1. The number of carbonyl (C=O) groups is 1. The van der Waals surface area contributed by atoms with Crippen LogP contribution in [0.5, 0.6) is 0 Å². The first-order valence-electron chi connectivity index (χ1n) is 8.93. The summed E-state index contributed by atoms with van der Waals surface area (Å²) in [6.45, 7) is 3.42. The lowest BCUT2D eigenvalue weighted by Gasteiger charge is -2.36. The molecule has 2 aliphatic heterocycles. The summed E-state index contributed by atoms with van der Waals surface area (Å²) < 4.78 is 0.992. The third kappa shape index (κ3) is 3.56. The summed E-state index contributed by atoms with van der Waals surface area (Å²) in [6, 6.07) is 12.5. The van der Waals surface area contributed by atoms with E-state index < -0.39 is 0 Å². The molecular formula is C20H22BrN3O. The molecule has 0 atom stereocenters. The Balaban J connectivity index is 1.36. The molecule has 0 N–H and O–H groups in total. The predicted octanol–water partition coefficient (Wildman–Crippen LogP) is 3.65. The fourth-order valence-electron chi connectivity index (χ4n) is 3.85. The molecule has 1 fully saturated rings. The molecule has 0 spiro atoms. The lowest BCUT2D eigenvalue weighted by molar-refractivity contribution is -0.137. The smallest absolute Gasteiger partial charge is 0.226 e. The van der Waals surface area contributed by atoms with E-state index in [4.69, 9.17) is 0 Å². The van der Waals surface area contributed by atoms with Gasteiger partial charge in [0.25, 0.3) is 0 Å². The minimum absolute atomic E-state index is 0.150. The van der Waals surface area contributed by atoms with Gasteiger partial charge in [-0.05, 0) is 58.5 Å². The maximum atomic E-state index is 12.9. The van der Waals surface area contributed by atoms with Crippen molar-refractivity contribution in [2.24, 2.45) is 5.92 Å². The maximum absolute atomic E-state index is 12.9. The van der Waals surface area contributed by atoms with Gasteiger partial charge in [-0.2, -0.15) is 0 Å². The number of aromatic nitrogens is 1. The van der Waals surface area contributed by atoms with Gasteiger partial charge < -0.3 is 9.80 Å². The van der Waals surface area contributed by atoms with Crippen molar-refractivity contribution in [3.8, 4) is 0 Å². The van der Waals surface area contributed by atoms with E-state index in [1.807, 2.05) is 18.3 Å². The van der Waals surface area contributed by atoms with Crippen LogP contribution in [0.3, 0.4) is 0 Å². The first kappa shape index (κ1) is 16.6. The van der Waals surface area contributed by atoms with Gasteiger partial charge in [-0.3, -0.25) is 4.79 Å². The van der Waals surface area contributed by atoms with Gasteiger partial charge in [-0.15, -0.1) is 0 Å². The molecule has 0 aliphatic carbocycles. The van der Waals surface area contributed by atoms with Crippen molar-refractivity contribution in [1.82, 2.24) is 9.88 Å². The molecule has 4 nitrogen and oxygen atoms in total. The Hall–Kier alpha value is -1.88. The van der Waals surface area contributed by atoms with Gasteiger partial charge in [0.1, 0.15) is 5.82 Å². The molecule has 1 aromatic heterocycles. The van der Waals surface area contributed by atoms with Crippen LogP contribution in [-0.4, -0.2) is 35.4 Å². The van der Waals surface area contributed by atoms with E-state index in [0.29, 0.717) is 5.91 Å². The van der Waals surface area contributed by atoms with Crippen molar-refractivity contribution in [3.63, 3.8) is 0 Å². The second kappa shape index (κ2) is 7.16. The summed E-state index contributed by atoms with van der Waals surface area (Å²) in [6.07, 6.45) is 4.63. The van der Waals surface area contributed by atoms with Gasteiger partial charge in [-0.25, -0.2) is 4.98 Å². The van der Waals surface area contributed by atoms with Crippen LogP contribution in [0.15, 0.2) is 47.1 Å². The summed E-state index contributed by atoms with van der Waals surface area (Å²) in [5.74, 6) is 1.48. The van der Waals surface area contributed by atoms with Crippen LogP contribution in [-0.2, 0) is 17.8 Å². The van der Waals surface area contributed by atoms with E-state index in [1.54, 1.807) is 0 Å². The number of hydrogen-bond acceptors (Lipinski definition) is 3. The van der Waals surface area contributed by atoms with E-state index >= 15 is 0 Å². The van der Waals surface area contributed by atoms with Crippen LogP contribution >= 0.6 is 15.9 Å². The standard InChI is InChI=1S/C20H22BrN3O/c21-18-5-6-19(22-13-18)23-10-8-16(9-11-23)20(25)24-12-7-15-3-1-2-4-17(15)14-24/h1-6,13,16H,7-12,14H2. The first-order valence-corrected chi connectivity index (χ1v) is 9.72. The highest BCUT2D eigenvalue weighted by molar-refractivity contribution is 9.10. The molecule has 25 heavy (non-hydrogen) atoms. The van der Waals surface area contributed by atoms with Gasteiger partial charge >= 0.3 is 0 Å². The first-order chi connectivity index (χ1) is 12.2. The fraction of sp³-hybridized carbons (Fsp3) is 0.400. The average Bonchev–Trinajstić information content (AvgIpc) is 2.68. The number of halogens is 1. The summed E-state index contributed by atoms with van der Waals surface area (Å²) in [5.41, 5.74) is 2.70.